The van der Waals surface area contributed by atoms with E-state index in [1.54, 1.807) is 20.9 Å². The van der Waals surface area contributed by atoms with Gasteiger partial charge in [-0.1, -0.05) is 12.2 Å². The molecule has 4 nitrogen and oxygen atoms in total. The van der Waals surface area contributed by atoms with Gasteiger partial charge >= 0.3 is 7.60 Å². The molecule has 0 fully saturated rings. The highest BCUT2D eigenvalue weighted by atomic mass is 32.2. The van der Waals surface area contributed by atoms with Crippen molar-refractivity contribution in [2.45, 2.75) is 18.8 Å². The van der Waals surface area contributed by atoms with Crippen LogP contribution in [-0.2, 0) is 13.6 Å². The summed E-state index contributed by atoms with van der Waals surface area (Å²) in [4.78, 5) is 0.0603. The van der Waals surface area contributed by atoms with E-state index < -0.39 is 12.6 Å². The number of hydrogen-bond acceptors (Lipinski definition) is 5. The van der Waals surface area contributed by atoms with E-state index in [1.165, 1.54) is 11.8 Å². The average Bonchev–Trinajstić information content (AvgIpc) is 2.19. The second-order valence-corrected chi connectivity index (χ2v) is 6.42. The van der Waals surface area contributed by atoms with Gasteiger partial charge in [0, 0.05) is 7.05 Å². The van der Waals surface area contributed by atoms with Gasteiger partial charge in [-0.25, -0.2) is 0 Å². The van der Waals surface area contributed by atoms with E-state index >= 15 is 0 Å². The minimum atomic E-state index is -3.14. The Balaban J connectivity index is 4.84. The lowest BCUT2D eigenvalue weighted by Gasteiger charge is -2.25. The monoisotopic (exact) mass is 271 g/mol. The second-order valence-electron chi connectivity index (χ2n) is 2.58. The molecule has 15 heavy (non-hydrogen) atoms. The Morgan fingerprint density at radius 2 is 1.93 bits per heavy atom. The van der Waals surface area contributed by atoms with Gasteiger partial charge in [-0.2, -0.15) is 0 Å². The number of thioether (sulfide) groups is 1. The van der Waals surface area contributed by atoms with Crippen LogP contribution in [0, 0.1) is 0 Å². The molecule has 0 amide bonds. The average molecular weight is 271 g/mol. The largest absolute Gasteiger partial charge is 0.381 e. The van der Waals surface area contributed by atoms with Crippen LogP contribution in [0.1, 0.15) is 13.8 Å². The quantitative estimate of drug-likeness (QED) is 0.567. The lowest BCUT2D eigenvalue weighted by atomic mass is 10.7. The molecule has 0 heterocycles. The number of rotatable bonds is 7. The fourth-order valence-corrected chi connectivity index (χ4v) is 4.92. The summed E-state index contributed by atoms with van der Waals surface area (Å²) in [5, 5.41) is 2.82. The van der Waals surface area contributed by atoms with Gasteiger partial charge in [-0.3, -0.25) is 4.57 Å². The minimum Gasteiger partial charge on any atom is -0.381 e. The van der Waals surface area contributed by atoms with Crippen LogP contribution in [-0.4, -0.2) is 36.5 Å². The van der Waals surface area contributed by atoms with Gasteiger partial charge in [-0.05, 0) is 20.1 Å². The zero-order valence-electron chi connectivity index (χ0n) is 9.48. The standard InChI is InChI=1S/C8H18NO3PS2/c1-5-11-13(10,12-6-2)8(15-4)7(14)9-3/h8H,5-6H2,1-4H3,(H,9,14). The Bertz CT molecular complexity index is 240. The minimum absolute atomic E-state index is 0.348. The second kappa shape index (κ2) is 7.63. The molecule has 0 rings (SSSR count). The molecule has 0 radical (unpaired) electrons. The van der Waals surface area contributed by atoms with E-state index in [-0.39, 0.29) is 0 Å². The Labute approximate surface area is 101 Å². The van der Waals surface area contributed by atoms with Crippen molar-refractivity contribution in [1.82, 2.24) is 5.32 Å². The van der Waals surface area contributed by atoms with E-state index in [9.17, 15) is 4.57 Å². The molecule has 90 valence electrons. The Morgan fingerprint density at radius 1 is 1.47 bits per heavy atom. The van der Waals surface area contributed by atoms with Gasteiger partial charge in [0.05, 0.1) is 13.2 Å². The molecule has 1 atom stereocenters. The Morgan fingerprint density at radius 3 is 2.20 bits per heavy atom. The van der Waals surface area contributed by atoms with Crippen LogP contribution in [0.4, 0.5) is 0 Å². The maximum atomic E-state index is 12.4. The molecule has 1 N–H and O–H groups in total. The van der Waals surface area contributed by atoms with Gasteiger partial charge in [0.2, 0.25) is 0 Å². The normalized spacial score (nSPS) is 13.6. The molecular weight excluding hydrogens is 253 g/mol. The zero-order chi connectivity index (χ0) is 11.9. The van der Waals surface area contributed by atoms with Gasteiger partial charge in [0.15, 0.2) is 4.99 Å². The van der Waals surface area contributed by atoms with Crippen molar-refractivity contribution in [2.75, 3.05) is 26.5 Å². The summed E-state index contributed by atoms with van der Waals surface area (Å²) in [5.41, 5.74) is 0. The van der Waals surface area contributed by atoms with Crippen LogP contribution in [0.3, 0.4) is 0 Å². The first-order chi connectivity index (χ1) is 7.05. The maximum Gasteiger partial charge on any atom is 0.350 e. The van der Waals surface area contributed by atoms with Crippen molar-refractivity contribution in [3.8, 4) is 0 Å². The number of thiocarbonyl (C=S) groups is 1. The topological polar surface area (TPSA) is 47.6 Å². The smallest absolute Gasteiger partial charge is 0.350 e. The molecule has 0 saturated heterocycles. The molecule has 1 unspecified atom stereocenters. The number of nitrogens with one attached hydrogen (secondary N) is 1. The Kier molecular flexibility index (Phi) is 7.83. The highest BCUT2D eigenvalue weighted by molar-refractivity contribution is 8.07. The molecule has 7 heteroatoms. The van der Waals surface area contributed by atoms with Crippen LogP contribution in [0.25, 0.3) is 0 Å². The molecular formula is C8H18NO3PS2. The molecule has 0 aliphatic rings. The first-order valence-electron chi connectivity index (χ1n) is 4.68. The third-order valence-corrected chi connectivity index (χ3v) is 6.52. The summed E-state index contributed by atoms with van der Waals surface area (Å²) in [5.74, 6) is 0. The van der Waals surface area contributed by atoms with E-state index in [2.05, 4.69) is 5.32 Å². The van der Waals surface area contributed by atoms with Gasteiger partial charge in [-0.15, -0.1) is 11.8 Å². The summed E-state index contributed by atoms with van der Waals surface area (Å²) < 4.78 is 22.8. The molecule has 0 aliphatic heterocycles. The van der Waals surface area contributed by atoms with Crippen LogP contribution >= 0.6 is 31.6 Å². The zero-order valence-corrected chi connectivity index (χ0v) is 12.0. The van der Waals surface area contributed by atoms with Crippen LogP contribution in [0.5, 0.6) is 0 Å². The van der Waals surface area contributed by atoms with Crippen molar-refractivity contribution in [2.24, 2.45) is 0 Å². The summed E-state index contributed by atoms with van der Waals surface area (Å²) in [6.45, 7) is 4.26. The summed E-state index contributed by atoms with van der Waals surface area (Å²) in [7, 11) is -1.44. The predicted octanol–water partition coefficient (Wildman–Crippen LogP) is 2.49. The molecule has 0 aromatic carbocycles. The Hall–Kier alpha value is 0.390. The molecule has 0 saturated carbocycles. The van der Waals surface area contributed by atoms with Crippen LogP contribution in [0.15, 0.2) is 0 Å². The highest BCUT2D eigenvalue weighted by Crippen LogP contribution is 2.56. The molecule has 0 aromatic rings. The first-order valence-corrected chi connectivity index (χ1v) is 7.99. The first kappa shape index (κ1) is 15.4. The van der Waals surface area contributed by atoms with Crippen molar-refractivity contribution in [1.29, 1.82) is 0 Å². The maximum absolute atomic E-state index is 12.4. The van der Waals surface area contributed by atoms with Crippen molar-refractivity contribution in [3.63, 3.8) is 0 Å². The van der Waals surface area contributed by atoms with E-state index in [0.717, 1.165) is 0 Å². The highest BCUT2D eigenvalue weighted by Gasteiger charge is 2.37. The summed E-state index contributed by atoms with van der Waals surface area (Å²) in [6, 6.07) is 0. The van der Waals surface area contributed by atoms with Crippen molar-refractivity contribution >= 4 is 36.6 Å². The van der Waals surface area contributed by atoms with Crippen LogP contribution in [0.2, 0.25) is 0 Å². The number of hydrogen-bond donors (Lipinski definition) is 1. The van der Waals surface area contributed by atoms with Crippen LogP contribution < -0.4 is 5.32 Å². The van der Waals surface area contributed by atoms with E-state index in [1.807, 2.05) is 6.26 Å². The molecule has 0 aromatic heterocycles. The third kappa shape index (κ3) is 4.41. The molecule has 0 aliphatic carbocycles. The van der Waals surface area contributed by atoms with Gasteiger partial charge < -0.3 is 14.4 Å². The lowest BCUT2D eigenvalue weighted by molar-refractivity contribution is 0.221. The predicted molar refractivity (Wildman–Crippen MR) is 69.8 cm³/mol. The SMILES string of the molecule is CCOP(=O)(OCC)C(SC)C(=S)NC. The van der Waals surface area contributed by atoms with Crippen molar-refractivity contribution in [3.05, 3.63) is 0 Å². The lowest BCUT2D eigenvalue weighted by Crippen LogP contribution is -2.29. The fourth-order valence-electron chi connectivity index (χ4n) is 1.04. The van der Waals surface area contributed by atoms with E-state index in [0.29, 0.717) is 18.2 Å². The van der Waals surface area contributed by atoms with Gasteiger partial charge in [0.25, 0.3) is 0 Å². The summed E-state index contributed by atoms with van der Waals surface area (Å²) in [6.07, 6.45) is 1.83. The molecule has 0 bridgehead atoms. The molecule has 0 spiro atoms. The summed E-state index contributed by atoms with van der Waals surface area (Å²) >= 11 is 6.46. The van der Waals surface area contributed by atoms with Gasteiger partial charge in [0.1, 0.15) is 4.99 Å². The van der Waals surface area contributed by atoms with E-state index in [4.69, 9.17) is 21.3 Å². The fraction of sp³-hybridized carbons (Fsp3) is 0.875. The third-order valence-electron chi connectivity index (χ3n) is 1.60. The van der Waals surface area contributed by atoms with Crippen molar-refractivity contribution < 1.29 is 13.6 Å².